The zero-order valence-corrected chi connectivity index (χ0v) is 17.6. The Kier molecular flexibility index (Phi) is 5.79. The number of nitrogens with zero attached hydrogens (tertiary/aromatic N) is 3. The van der Waals surface area contributed by atoms with Gasteiger partial charge >= 0.3 is 0 Å². The minimum Gasteiger partial charge on any atom is -0.491 e. The molecule has 1 atom stereocenters. The van der Waals surface area contributed by atoms with E-state index in [1.165, 1.54) is 0 Å². The van der Waals surface area contributed by atoms with E-state index in [0.717, 1.165) is 28.6 Å². The Morgan fingerprint density at radius 2 is 2.03 bits per heavy atom. The maximum absolute atomic E-state index is 12.2. The number of fused-ring (bicyclic) bond motifs is 1. The van der Waals surface area contributed by atoms with Crippen molar-refractivity contribution in [1.82, 2.24) is 20.2 Å². The number of aromatic nitrogens is 4. The van der Waals surface area contributed by atoms with E-state index in [2.05, 4.69) is 30.8 Å². The topological polar surface area (TPSA) is 105 Å². The van der Waals surface area contributed by atoms with E-state index in [0.29, 0.717) is 23.1 Å². The number of rotatable bonds is 7. The minimum absolute atomic E-state index is 0.00714. The molecule has 0 aliphatic carbocycles. The van der Waals surface area contributed by atoms with Crippen LogP contribution in [0.2, 0.25) is 0 Å². The number of ether oxygens (including phenoxy) is 1. The number of H-pyrrole nitrogens is 1. The second kappa shape index (κ2) is 8.83. The molecule has 8 heteroatoms. The zero-order chi connectivity index (χ0) is 21.8. The SMILES string of the molecule is CCC(C)C(=O)Nc1cccc(-c2ncc(OC)c(Nc3ccc4[nH]ncc4c3)n2)c1. The quantitative estimate of drug-likeness (QED) is 0.401. The predicted molar refractivity (Wildman–Crippen MR) is 121 cm³/mol. The molecule has 0 aliphatic rings. The highest BCUT2D eigenvalue weighted by molar-refractivity contribution is 5.92. The molecule has 4 aromatic rings. The van der Waals surface area contributed by atoms with Gasteiger partial charge in [-0.2, -0.15) is 5.10 Å². The molecule has 0 radical (unpaired) electrons. The Bertz CT molecular complexity index is 1220. The Morgan fingerprint density at radius 3 is 2.84 bits per heavy atom. The summed E-state index contributed by atoms with van der Waals surface area (Å²) in [5.74, 6) is 1.53. The van der Waals surface area contributed by atoms with Gasteiger partial charge in [-0.25, -0.2) is 9.97 Å². The third-order valence-electron chi connectivity index (χ3n) is 5.13. The van der Waals surface area contributed by atoms with Crippen molar-refractivity contribution in [2.45, 2.75) is 20.3 Å². The number of hydrogen-bond donors (Lipinski definition) is 3. The van der Waals surface area contributed by atoms with Gasteiger partial charge in [-0.05, 0) is 36.8 Å². The van der Waals surface area contributed by atoms with Gasteiger partial charge in [0.15, 0.2) is 17.4 Å². The molecule has 0 fully saturated rings. The molecule has 2 aromatic heterocycles. The van der Waals surface area contributed by atoms with E-state index >= 15 is 0 Å². The number of hydrogen-bond acceptors (Lipinski definition) is 6. The molecule has 2 aromatic carbocycles. The highest BCUT2D eigenvalue weighted by Gasteiger charge is 2.13. The van der Waals surface area contributed by atoms with Crippen LogP contribution in [0.4, 0.5) is 17.2 Å². The van der Waals surface area contributed by atoms with Crippen LogP contribution in [0.5, 0.6) is 5.75 Å². The van der Waals surface area contributed by atoms with Crippen LogP contribution in [-0.2, 0) is 4.79 Å². The minimum atomic E-state index is -0.0516. The van der Waals surface area contributed by atoms with Crippen LogP contribution in [-0.4, -0.2) is 33.2 Å². The average Bonchev–Trinajstić information content (AvgIpc) is 3.26. The largest absolute Gasteiger partial charge is 0.491 e. The molecule has 0 spiro atoms. The van der Waals surface area contributed by atoms with Crippen molar-refractivity contribution in [2.24, 2.45) is 5.92 Å². The van der Waals surface area contributed by atoms with Gasteiger partial charge in [0.1, 0.15) is 0 Å². The number of benzene rings is 2. The molecule has 1 amide bonds. The third kappa shape index (κ3) is 4.48. The van der Waals surface area contributed by atoms with Crippen molar-refractivity contribution < 1.29 is 9.53 Å². The number of aromatic amines is 1. The van der Waals surface area contributed by atoms with E-state index in [9.17, 15) is 4.79 Å². The van der Waals surface area contributed by atoms with Gasteiger partial charge in [0.05, 0.1) is 25.0 Å². The molecule has 158 valence electrons. The highest BCUT2D eigenvalue weighted by Crippen LogP contribution is 2.29. The molecule has 4 rings (SSSR count). The first-order valence-electron chi connectivity index (χ1n) is 10.1. The van der Waals surface area contributed by atoms with Crippen LogP contribution in [0.1, 0.15) is 20.3 Å². The molecular formula is C23H24N6O2. The maximum atomic E-state index is 12.2. The summed E-state index contributed by atoms with van der Waals surface area (Å²) >= 11 is 0. The summed E-state index contributed by atoms with van der Waals surface area (Å²) in [7, 11) is 1.58. The standard InChI is InChI=1S/C23H24N6O2/c1-4-14(2)23(30)27-17-7-5-6-15(10-17)21-24-13-20(31-3)22(28-21)26-18-8-9-19-16(11-18)12-25-29-19/h5-14H,4H2,1-3H3,(H,25,29)(H,27,30)(H,24,26,28). The van der Waals surface area contributed by atoms with E-state index in [-0.39, 0.29) is 11.8 Å². The number of methoxy groups -OCH3 is 1. The highest BCUT2D eigenvalue weighted by atomic mass is 16.5. The summed E-state index contributed by atoms with van der Waals surface area (Å²) in [6.45, 7) is 3.90. The molecule has 1 unspecified atom stereocenters. The number of carbonyl (C=O) groups is 1. The second-order valence-electron chi connectivity index (χ2n) is 7.29. The summed E-state index contributed by atoms with van der Waals surface area (Å²) in [5, 5.41) is 14.2. The molecule has 31 heavy (non-hydrogen) atoms. The molecule has 2 heterocycles. The van der Waals surface area contributed by atoms with Crippen molar-refractivity contribution in [1.29, 1.82) is 0 Å². The normalized spacial score (nSPS) is 11.8. The first-order valence-corrected chi connectivity index (χ1v) is 10.1. The van der Waals surface area contributed by atoms with Crippen molar-refractivity contribution >= 4 is 34.0 Å². The van der Waals surface area contributed by atoms with Gasteiger partial charge in [0.25, 0.3) is 0 Å². The van der Waals surface area contributed by atoms with Crippen LogP contribution in [0, 0.1) is 5.92 Å². The molecule has 0 saturated heterocycles. The summed E-state index contributed by atoms with van der Waals surface area (Å²) in [6.07, 6.45) is 4.18. The molecule has 0 saturated carbocycles. The molecule has 3 N–H and O–H groups in total. The second-order valence-corrected chi connectivity index (χ2v) is 7.29. The van der Waals surface area contributed by atoms with Gasteiger partial charge in [0, 0.05) is 28.2 Å². The number of amides is 1. The summed E-state index contributed by atoms with van der Waals surface area (Å²) in [6, 6.07) is 13.4. The number of nitrogens with one attached hydrogen (secondary N) is 3. The van der Waals surface area contributed by atoms with Crippen LogP contribution in [0.3, 0.4) is 0 Å². The van der Waals surface area contributed by atoms with Crippen LogP contribution < -0.4 is 15.4 Å². The summed E-state index contributed by atoms with van der Waals surface area (Å²) in [4.78, 5) is 21.3. The van der Waals surface area contributed by atoms with E-state index in [4.69, 9.17) is 4.74 Å². The van der Waals surface area contributed by atoms with Crippen molar-refractivity contribution in [3.05, 3.63) is 54.9 Å². The lowest BCUT2D eigenvalue weighted by Crippen LogP contribution is -2.19. The summed E-state index contributed by atoms with van der Waals surface area (Å²) < 4.78 is 5.43. The smallest absolute Gasteiger partial charge is 0.227 e. The van der Waals surface area contributed by atoms with Crippen LogP contribution in [0.15, 0.2) is 54.9 Å². The fourth-order valence-corrected chi connectivity index (χ4v) is 3.09. The lowest BCUT2D eigenvalue weighted by molar-refractivity contribution is -0.119. The lowest BCUT2D eigenvalue weighted by atomic mass is 10.1. The Balaban J connectivity index is 1.62. The predicted octanol–water partition coefficient (Wildman–Crippen LogP) is 4.76. The summed E-state index contributed by atoms with van der Waals surface area (Å²) in [5.41, 5.74) is 3.31. The van der Waals surface area contributed by atoms with Crippen LogP contribution >= 0.6 is 0 Å². The van der Waals surface area contributed by atoms with Crippen LogP contribution in [0.25, 0.3) is 22.3 Å². The molecule has 0 bridgehead atoms. The Labute approximate surface area is 180 Å². The Morgan fingerprint density at radius 1 is 1.16 bits per heavy atom. The number of carbonyl (C=O) groups excluding carboxylic acids is 1. The van der Waals surface area contributed by atoms with Gasteiger partial charge in [-0.3, -0.25) is 9.89 Å². The first kappa shape index (κ1) is 20.3. The zero-order valence-electron chi connectivity index (χ0n) is 17.6. The van der Waals surface area contributed by atoms with Crippen molar-refractivity contribution in [2.75, 3.05) is 17.7 Å². The van der Waals surface area contributed by atoms with E-state index < -0.39 is 0 Å². The molecule has 0 aliphatic heterocycles. The fourth-order valence-electron chi connectivity index (χ4n) is 3.09. The molecular weight excluding hydrogens is 392 g/mol. The number of anilines is 3. The van der Waals surface area contributed by atoms with E-state index in [1.54, 1.807) is 19.5 Å². The van der Waals surface area contributed by atoms with E-state index in [1.807, 2.05) is 56.3 Å². The molecule has 8 nitrogen and oxygen atoms in total. The Hall–Kier alpha value is -3.94. The van der Waals surface area contributed by atoms with Gasteiger partial charge in [-0.1, -0.05) is 26.0 Å². The van der Waals surface area contributed by atoms with Crippen molar-refractivity contribution in [3.63, 3.8) is 0 Å². The van der Waals surface area contributed by atoms with Crippen molar-refractivity contribution in [3.8, 4) is 17.1 Å². The average molecular weight is 416 g/mol. The van der Waals surface area contributed by atoms with Gasteiger partial charge in [0.2, 0.25) is 5.91 Å². The lowest BCUT2D eigenvalue weighted by Gasteiger charge is -2.13. The first-order chi connectivity index (χ1) is 15.1. The van der Waals surface area contributed by atoms with Gasteiger partial charge in [-0.15, -0.1) is 0 Å². The fraction of sp³-hybridized carbons (Fsp3) is 0.217. The monoisotopic (exact) mass is 416 g/mol. The van der Waals surface area contributed by atoms with Gasteiger partial charge < -0.3 is 15.4 Å². The maximum Gasteiger partial charge on any atom is 0.227 e. The third-order valence-corrected chi connectivity index (χ3v) is 5.13.